The van der Waals surface area contributed by atoms with E-state index in [4.69, 9.17) is 11.6 Å². The maximum Gasteiger partial charge on any atom is 0.0579 e. The Balaban J connectivity index is 1.86. The number of aliphatic hydroxyl groups is 1. The molecule has 2 bridgehead atoms. The summed E-state index contributed by atoms with van der Waals surface area (Å²) >= 11 is 6.46. The molecule has 2 saturated heterocycles. The van der Waals surface area contributed by atoms with Crippen molar-refractivity contribution in [1.29, 1.82) is 0 Å². The Labute approximate surface area is 132 Å². The van der Waals surface area contributed by atoms with Gasteiger partial charge in [0.25, 0.3) is 0 Å². The second-order valence-corrected chi connectivity index (χ2v) is 6.74. The Kier molecular flexibility index (Phi) is 4.72. The summed E-state index contributed by atoms with van der Waals surface area (Å²) < 4.78 is 0. The van der Waals surface area contributed by atoms with E-state index < -0.39 is 0 Å². The van der Waals surface area contributed by atoms with Crippen LogP contribution in [0.25, 0.3) is 0 Å². The highest BCUT2D eigenvalue weighted by Gasteiger charge is 2.40. The Morgan fingerprint density at radius 2 is 2.00 bits per heavy atom. The van der Waals surface area contributed by atoms with Crippen molar-refractivity contribution in [3.8, 4) is 0 Å². The van der Waals surface area contributed by atoms with E-state index in [9.17, 15) is 5.11 Å². The van der Waals surface area contributed by atoms with Crippen molar-refractivity contribution in [2.75, 3.05) is 11.4 Å². The fourth-order valence-corrected chi connectivity index (χ4v) is 4.13. The van der Waals surface area contributed by atoms with Crippen molar-refractivity contribution < 1.29 is 5.11 Å². The van der Waals surface area contributed by atoms with E-state index in [0.717, 1.165) is 37.4 Å². The Morgan fingerprint density at radius 3 is 2.67 bits per heavy atom. The maximum atomic E-state index is 9.99. The van der Waals surface area contributed by atoms with Crippen LogP contribution in [-0.2, 0) is 6.54 Å². The second-order valence-electron chi connectivity index (χ2n) is 6.33. The fourth-order valence-electron chi connectivity index (χ4n) is 3.90. The number of nitrogens with zero attached hydrogens (tertiary/aromatic N) is 1. The van der Waals surface area contributed by atoms with Gasteiger partial charge in [0.2, 0.25) is 0 Å². The molecular weight excluding hydrogens is 284 g/mol. The van der Waals surface area contributed by atoms with Crippen molar-refractivity contribution in [1.82, 2.24) is 5.32 Å². The monoisotopic (exact) mass is 308 g/mol. The highest BCUT2D eigenvalue weighted by molar-refractivity contribution is 6.31. The molecule has 0 saturated carbocycles. The van der Waals surface area contributed by atoms with E-state index >= 15 is 0 Å². The fraction of sp³-hybridized carbons (Fsp3) is 0.647. The number of hydrogen-bond donors (Lipinski definition) is 2. The lowest BCUT2D eigenvalue weighted by Crippen LogP contribution is -2.45. The molecule has 3 rings (SSSR count). The first kappa shape index (κ1) is 15.1. The molecule has 2 heterocycles. The van der Waals surface area contributed by atoms with Gasteiger partial charge in [0, 0.05) is 34.9 Å². The van der Waals surface area contributed by atoms with Gasteiger partial charge in [-0.25, -0.2) is 0 Å². The standard InChI is InChI=1S/C17H25ClN2O/c1-2-8-19-11-15-16(18)4-3-5-17(15)20-12-6-7-13(20)10-14(21)9-12/h3-5,12-14,19,21H,2,6-11H2,1H3. The van der Waals surface area contributed by atoms with Gasteiger partial charge in [-0.3, -0.25) is 0 Å². The van der Waals surface area contributed by atoms with Crippen LogP contribution >= 0.6 is 11.6 Å². The predicted octanol–water partition coefficient (Wildman–Crippen LogP) is 3.33. The van der Waals surface area contributed by atoms with Crippen LogP contribution in [0.1, 0.15) is 44.6 Å². The van der Waals surface area contributed by atoms with Crippen LogP contribution < -0.4 is 10.2 Å². The van der Waals surface area contributed by atoms with Crippen molar-refractivity contribution >= 4 is 17.3 Å². The van der Waals surface area contributed by atoms with Crippen LogP contribution in [0, 0.1) is 0 Å². The lowest BCUT2D eigenvalue weighted by molar-refractivity contribution is 0.126. The van der Waals surface area contributed by atoms with E-state index in [1.165, 1.54) is 24.1 Å². The molecule has 2 unspecified atom stereocenters. The zero-order valence-corrected chi connectivity index (χ0v) is 13.4. The zero-order chi connectivity index (χ0) is 14.8. The summed E-state index contributed by atoms with van der Waals surface area (Å²) in [6.07, 6.45) is 5.17. The molecule has 0 radical (unpaired) electrons. The van der Waals surface area contributed by atoms with Crippen LogP contribution in [-0.4, -0.2) is 29.8 Å². The predicted molar refractivity (Wildman–Crippen MR) is 88.0 cm³/mol. The summed E-state index contributed by atoms with van der Waals surface area (Å²) in [6, 6.07) is 7.17. The molecule has 0 amide bonds. The summed E-state index contributed by atoms with van der Waals surface area (Å²) in [5.41, 5.74) is 2.48. The number of fused-ring (bicyclic) bond motifs is 2. The molecule has 0 aromatic heterocycles. The quantitative estimate of drug-likeness (QED) is 0.819. The minimum atomic E-state index is -0.125. The lowest BCUT2D eigenvalue weighted by Gasteiger charge is -2.40. The van der Waals surface area contributed by atoms with Gasteiger partial charge in [-0.15, -0.1) is 0 Å². The summed E-state index contributed by atoms with van der Waals surface area (Å²) in [7, 11) is 0. The molecule has 1 aromatic rings. The number of piperidine rings is 1. The molecule has 2 aliphatic heterocycles. The van der Waals surface area contributed by atoms with Crippen LogP contribution in [0.2, 0.25) is 5.02 Å². The average molecular weight is 309 g/mol. The lowest BCUT2D eigenvalue weighted by atomic mass is 9.97. The molecule has 1 aromatic carbocycles. The van der Waals surface area contributed by atoms with Gasteiger partial charge in [0.15, 0.2) is 0 Å². The zero-order valence-electron chi connectivity index (χ0n) is 12.7. The largest absolute Gasteiger partial charge is 0.393 e. The van der Waals surface area contributed by atoms with Gasteiger partial charge >= 0.3 is 0 Å². The summed E-state index contributed by atoms with van der Waals surface area (Å²) in [5.74, 6) is 0. The normalized spacial score (nSPS) is 28.1. The number of anilines is 1. The Bertz CT molecular complexity index is 480. The first-order chi connectivity index (χ1) is 10.2. The van der Waals surface area contributed by atoms with Crippen LogP contribution in [0.3, 0.4) is 0 Å². The number of nitrogens with one attached hydrogen (secondary N) is 1. The first-order valence-electron chi connectivity index (χ1n) is 8.15. The van der Waals surface area contributed by atoms with E-state index in [-0.39, 0.29) is 6.10 Å². The van der Waals surface area contributed by atoms with Gasteiger partial charge in [-0.2, -0.15) is 0 Å². The third-order valence-electron chi connectivity index (χ3n) is 4.81. The van der Waals surface area contributed by atoms with Crippen molar-refractivity contribution in [3.63, 3.8) is 0 Å². The topological polar surface area (TPSA) is 35.5 Å². The molecule has 4 heteroatoms. The number of rotatable bonds is 5. The van der Waals surface area contributed by atoms with Crippen LogP contribution in [0.4, 0.5) is 5.69 Å². The van der Waals surface area contributed by atoms with E-state index in [2.05, 4.69) is 23.2 Å². The molecule has 0 spiro atoms. The van der Waals surface area contributed by atoms with E-state index in [1.54, 1.807) is 0 Å². The van der Waals surface area contributed by atoms with Crippen molar-refractivity contribution in [2.45, 2.75) is 63.8 Å². The molecule has 21 heavy (non-hydrogen) atoms. The van der Waals surface area contributed by atoms with E-state index in [0.29, 0.717) is 12.1 Å². The minimum Gasteiger partial charge on any atom is -0.393 e. The van der Waals surface area contributed by atoms with Gasteiger partial charge in [0.05, 0.1) is 6.10 Å². The Morgan fingerprint density at radius 1 is 1.29 bits per heavy atom. The van der Waals surface area contributed by atoms with Gasteiger partial charge in [-0.05, 0) is 50.8 Å². The number of halogens is 1. The first-order valence-corrected chi connectivity index (χ1v) is 8.53. The summed E-state index contributed by atoms with van der Waals surface area (Å²) in [4.78, 5) is 2.53. The number of benzene rings is 1. The number of hydrogen-bond acceptors (Lipinski definition) is 3. The highest BCUT2D eigenvalue weighted by atomic mass is 35.5. The molecule has 2 atom stereocenters. The van der Waals surface area contributed by atoms with E-state index in [1.807, 2.05) is 12.1 Å². The van der Waals surface area contributed by atoms with Crippen molar-refractivity contribution in [2.24, 2.45) is 0 Å². The second kappa shape index (κ2) is 6.55. The maximum absolute atomic E-state index is 9.99. The molecule has 2 aliphatic rings. The smallest absolute Gasteiger partial charge is 0.0579 e. The summed E-state index contributed by atoms with van der Waals surface area (Å²) in [6.45, 7) is 4.00. The molecule has 3 nitrogen and oxygen atoms in total. The Hall–Kier alpha value is -0.770. The molecule has 2 N–H and O–H groups in total. The highest BCUT2D eigenvalue weighted by Crippen LogP contribution is 2.41. The molecular formula is C17H25ClN2O. The SMILES string of the molecule is CCCNCc1c(Cl)cccc1N1C2CCC1CC(O)C2. The summed E-state index contributed by atoms with van der Waals surface area (Å²) in [5, 5.41) is 14.3. The molecule has 116 valence electrons. The minimum absolute atomic E-state index is 0.125. The molecule has 0 aliphatic carbocycles. The third kappa shape index (κ3) is 3.05. The third-order valence-corrected chi connectivity index (χ3v) is 5.16. The molecule has 2 fully saturated rings. The average Bonchev–Trinajstić information content (AvgIpc) is 2.72. The van der Waals surface area contributed by atoms with Gasteiger partial charge in [-0.1, -0.05) is 24.6 Å². The van der Waals surface area contributed by atoms with Gasteiger partial charge in [0.1, 0.15) is 0 Å². The van der Waals surface area contributed by atoms with Crippen LogP contribution in [0.15, 0.2) is 18.2 Å². The van der Waals surface area contributed by atoms with Gasteiger partial charge < -0.3 is 15.3 Å². The number of aliphatic hydroxyl groups excluding tert-OH is 1. The van der Waals surface area contributed by atoms with Crippen LogP contribution in [0.5, 0.6) is 0 Å². The van der Waals surface area contributed by atoms with Crippen molar-refractivity contribution in [3.05, 3.63) is 28.8 Å².